The molecule has 2 aromatic rings. The zero-order valence-corrected chi connectivity index (χ0v) is 10.5. The molecule has 2 heterocycles. The summed E-state index contributed by atoms with van der Waals surface area (Å²) in [6.45, 7) is 1.98. The van der Waals surface area contributed by atoms with E-state index in [1.54, 1.807) is 18.0 Å². The first-order valence-corrected chi connectivity index (χ1v) is 6.09. The van der Waals surface area contributed by atoms with Crippen molar-refractivity contribution in [1.82, 2.24) is 9.97 Å². The molecule has 0 aromatic carbocycles. The number of aryl methyl sites for hydroxylation is 1. The van der Waals surface area contributed by atoms with Gasteiger partial charge in [0, 0.05) is 10.7 Å². The van der Waals surface area contributed by atoms with Crippen molar-refractivity contribution in [3.63, 3.8) is 0 Å². The smallest absolute Gasteiger partial charge is 0.103 e. The summed E-state index contributed by atoms with van der Waals surface area (Å²) in [5.41, 5.74) is 0.996. The third kappa shape index (κ3) is 2.79. The molecule has 4 heteroatoms. The van der Waals surface area contributed by atoms with Crippen molar-refractivity contribution in [2.45, 2.75) is 17.0 Å². The number of rotatable bonds is 2. The summed E-state index contributed by atoms with van der Waals surface area (Å²) >= 11 is 4.99. The second-order valence-electron chi connectivity index (χ2n) is 2.99. The summed E-state index contributed by atoms with van der Waals surface area (Å²) in [7, 11) is 0. The Labute approximate surface area is 101 Å². The SMILES string of the molecule is Cc1nc(Sc2ccccn2)ccc1Br. The normalized spacial score (nSPS) is 10.3. The van der Waals surface area contributed by atoms with Gasteiger partial charge in [0.2, 0.25) is 0 Å². The molecule has 0 saturated carbocycles. The highest BCUT2D eigenvalue weighted by Crippen LogP contribution is 2.25. The van der Waals surface area contributed by atoms with Gasteiger partial charge in [0.1, 0.15) is 10.1 Å². The summed E-state index contributed by atoms with van der Waals surface area (Å²) in [4.78, 5) is 8.68. The van der Waals surface area contributed by atoms with Crippen LogP contribution in [0, 0.1) is 6.92 Å². The fraction of sp³-hybridized carbons (Fsp3) is 0.0909. The number of halogens is 1. The minimum atomic E-state index is 0.965. The lowest BCUT2D eigenvalue weighted by Crippen LogP contribution is -1.86. The minimum Gasteiger partial charge on any atom is -0.250 e. The van der Waals surface area contributed by atoms with Gasteiger partial charge in [0.05, 0.1) is 5.69 Å². The van der Waals surface area contributed by atoms with Gasteiger partial charge < -0.3 is 0 Å². The Hall–Kier alpha value is -0.870. The van der Waals surface area contributed by atoms with E-state index in [1.165, 1.54) is 0 Å². The fourth-order valence-electron chi connectivity index (χ4n) is 1.09. The number of pyridine rings is 2. The molecule has 2 aromatic heterocycles. The van der Waals surface area contributed by atoms with E-state index < -0.39 is 0 Å². The lowest BCUT2D eigenvalue weighted by Gasteiger charge is -2.02. The highest BCUT2D eigenvalue weighted by molar-refractivity contribution is 9.10. The van der Waals surface area contributed by atoms with Crippen LogP contribution in [0.4, 0.5) is 0 Å². The zero-order valence-electron chi connectivity index (χ0n) is 8.14. The first-order valence-electron chi connectivity index (χ1n) is 4.48. The van der Waals surface area contributed by atoms with Crippen LogP contribution in [-0.2, 0) is 0 Å². The van der Waals surface area contributed by atoms with Crippen molar-refractivity contribution in [2.24, 2.45) is 0 Å². The Morgan fingerprint density at radius 1 is 1.13 bits per heavy atom. The topological polar surface area (TPSA) is 25.8 Å². The van der Waals surface area contributed by atoms with Gasteiger partial charge in [-0.3, -0.25) is 0 Å². The van der Waals surface area contributed by atoms with E-state index in [2.05, 4.69) is 25.9 Å². The van der Waals surface area contributed by atoms with Crippen molar-refractivity contribution in [3.05, 3.63) is 46.7 Å². The first-order chi connectivity index (χ1) is 7.25. The van der Waals surface area contributed by atoms with Crippen LogP contribution in [0.5, 0.6) is 0 Å². The van der Waals surface area contributed by atoms with Crippen molar-refractivity contribution >= 4 is 27.7 Å². The second-order valence-corrected chi connectivity index (χ2v) is 4.88. The van der Waals surface area contributed by atoms with Crippen LogP contribution in [0.3, 0.4) is 0 Å². The number of nitrogens with zero attached hydrogens (tertiary/aromatic N) is 2. The average molecular weight is 281 g/mol. The van der Waals surface area contributed by atoms with Crippen LogP contribution in [-0.4, -0.2) is 9.97 Å². The van der Waals surface area contributed by atoms with Crippen molar-refractivity contribution in [1.29, 1.82) is 0 Å². The van der Waals surface area contributed by atoms with Gasteiger partial charge in [-0.1, -0.05) is 17.8 Å². The third-order valence-corrected chi connectivity index (χ3v) is 3.57. The zero-order chi connectivity index (χ0) is 10.7. The largest absolute Gasteiger partial charge is 0.250 e. The minimum absolute atomic E-state index is 0.965. The number of aromatic nitrogens is 2. The summed E-state index contributed by atoms with van der Waals surface area (Å²) in [6.07, 6.45) is 1.79. The van der Waals surface area contributed by atoms with E-state index in [4.69, 9.17) is 0 Å². The summed E-state index contributed by atoms with van der Waals surface area (Å²) in [5.74, 6) is 0. The molecule has 0 fully saturated rings. The summed E-state index contributed by atoms with van der Waals surface area (Å²) in [5, 5.41) is 1.93. The van der Waals surface area contributed by atoms with Crippen molar-refractivity contribution in [2.75, 3.05) is 0 Å². The monoisotopic (exact) mass is 280 g/mol. The highest BCUT2D eigenvalue weighted by Gasteiger charge is 2.01. The lowest BCUT2D eigenvalue weighted by molar-refractivity contribution is 1.04. The van der Waals surface area contributed by atoms with Gasteiger partial charge in [-0.25, -0.2) is 9.97 Å². The Morgan fingerprint density at radius 2 is 2.00 bits per heavy atom. The Morgan fingerprint density at radius 3 is 2.67 bits per heavy atom. The van der Waals surface area contributed by atoms with Gasteiger partial charge in [0.15, 0.2) is 0 Å². The first kappa shape index (κ1) is 10.6. The fourth-order valence-corrected chi connectivity index (χ4v) is 2.11. The molecule has 0 spiro atoms. The van der Waals surface area contributed by atoms with Gasteiger partial charge in [-0.15, -0.1) is 0 Å². The van der Waals surface area contributed by atoms with E-state index in [9.17, 15) is 0 Å². The van der Waals surface area contributed by atoms with E-state index in [1.807, 2.05) is 37.3 Å². The maximum absolute atomic E-state index is 4.44. The summed E-state index contributed by atoms with van der Waals surface area (Å²) in [6, 6.07) is 9.85. The van der Waals surface area contributed by atoms with Crippen molar-refractivity contribution in [3.8, 4) is 0 Å². The van der Waals surface area contributed by atoms with Crippen LogP contribution in [0.2, 0.25) is 0 Å². The Bertz CT molecular complexity index is 459. The summed E-state index contributed by atoms with van der Waals surface area (Å²) < 4.78 is 1.04. The molecule has 0 saturated heterocycles. The van der Waals surface area contributed by atoms with Crippen LogP contribution in [0.25, 0.3) is 0 Å². The Kier molecular flexibility index (Phi) is 3.38. The molecular formula is C11H9BrN2S. The van der Waals surface area contributed by atoms with Gasteiger partial charge in [-0.05, 0) is 47.1 Å². The molecule has 0 N–H and O–H groups in total. The van der Waals surface area contributed by atoms with E-state index >= 15 is 0 Å². The van der Waals surface area contributed by atoms with E-state index in [0.29, 0.717) is 0 Å². The molecule has 2 nitrogen and oxygen atoms in total. The van der Waals surface area contributed by atoms with E-state index in [-0.39, 0.29) is 0 Å². The lowest BCUT2D eigenvalue weighted by atomic mass is 10.4. The highest BCUT2D eigenvalue weighted by atomic mass is 79.9. The standard InChI is InChI=1S/C11H9BrN2S/c1-8-9(12)5-6-11(14-8)15-10-4-2-3-7-13-10/h2-7H,1H3. The molecule has 0 aliphatic carbocycles. The molecule has 0 unspecified atom stereocenters. The molecule has 0 bridgehead atoms. The third-order valence-electron chi connectivity index (χ3n) is 1.84. The van der Waals surface area contributed by atoms with Gasteiger partial charge >= 0.3 is 0 Å². The van der Waals surface area contributed by atoms with Crippen LogP contribution >= 0.6 is 27.7 Å². The predicted molar refractivity (Wildman–Crippen MR) is 65.0 cm³/mol. The predicted octanol–water partition coefficient (Wildman–Crippen LogP) is 3.70. The quantitative estimate of drug-likeness (QED) is 0.839. The maximum Gasteiger partial charge on any atom is 0.103 e. The molecular weight excluding hydrogens is 272 g/mol. The van der Waals surface area contributed by atoms with E-state index in [0.717, 1.165) is 20.2 Å². The second kappa shape index (κ2) is 4.77. The average Bonchev–Trinajstić information content (AvgIpc) is 2.25. The number of hydrogen-bond donors (Lipinski definition) is 0. The molecule has 0 amide bonds. The van der Waals surface area contributed by atoms with Gasteiger partial charge in [-0.2, -0.15) is 0 Å². The van der Waals surface area contributed by atoms with Crippen molar-refractivity contribution < 1.29 is 0 Å². The molecule has 2 rings (SSSR count). The molecule has 0 radical (unpaired) electrons. The van der Waals surface area contributed by atoms with Crippen LogP contribution < -0.4 is 0 Å². The molecule has 0 atom stereocenters. The van der Waals surface area contributed by atoms with Crippen LogP contribution in [0.1, 0.15) is 5.69 Å². The maximum atomic E-state index is 4.44. The number of hydrogen-bond acceptors (Lipinski definition) is 3. The molecule has 15 heavy (non-hydrogen) atoms. The Balaban J connectivity index is 2.22. The molecule has 76 valence electrons. The molecule has 0 aliphatic rings. The van der Waals surface area contributed by atoms with Gasteiger partial charge in [0.25, 0.3) is 0 Å². The molecule has 0 aliphatic heterocycles. The van der Waals surface area contributed by atoms with Crippen LogP contribution in [0.15, 0.2) is 51.1 Å².